The highest BCUT2D eigenvalue weighted by Gasteiger charge is 2.22. The Balaban J connectivity index is 1.70. The highest BCUT2D eigenvalue weighted by Crippen LogP contribution is 2.43. The summed E-state index contributed by atoms with van der Waals surface area (Å²) < 4.78 is 165. The van der Waals surface area contributed by atoms with Gasteiger partial charge in [0.15, 0.2) is 0 Å². The van der Waals surface area contributed by atoms with Crippen molar-refractivity contribution in [3.8, 4) is 0 Å². The fraction of sp³-hybridized carbons (Fsp3) is 0.250. The van der Waals surface area contributed by atoms with Crippen molar-refractivity contribution in [1.82, 2.24) is 15.0 Å². The third-order valence-corrected chi connectivity index (χ3v) is 15.2. The van der Waals surface area contributed by atoms with Gasteiger partial charge in [0.2, 0.25) is 17.8 Å². The minimum Gasteiger partial charge on any atom is -0.398 e. The lowest BCUT2D eigenvalue weighted by molar-refractivity contribution is -0.385. The average molecular weight is 1140 g/mol. The number of nitrogens with two attached hydrogens (primary N) is 1. The van der Waals surface area contributed by atoms with Crippen LogP contribution in [-0.4, -0.2) is 120 Å². The maximum absolute atomic E-state index is 12.4. The molecule has 0 radical (unpaired) electrons. The molecule has 29 nitrogen and oxygen atoms in total. The largest absolute Gasteiger partial charge is 0.398 e. The van der Waals surface area contributed by atoms with Crippen molar-refractivity contribution in [2.45, 2.75) is 39.3 Å². The number of aromatic nitrogens is 3. The highest BCUT2D eigenvalue weighted by molar-refractivity contribution is 7.99. The van der Waals surface area contributed by atoms with Gasteiger partial charge in [-0.3, -0.25) is 32.9 Å². The average Bonchev–Trinajstić information content (AvgIpc) is 3.25. The molecule has 0 bridgehead atoms. The number of nitro benzene ring substituents is 1. The predicted molar refractivity (Wildman–Crippen MR) is 264 cm³/mol. The molecule has 72 heavy (non-hydrogen) atoms. The predicted octanol–water partition coefficient (Wildman–Crippen LogP) is 6.52. The number of rotatable bonds is 25. The van der Waals surface area contributed by atoms with Crippen LogP contribution in [0.25, 0.3) is 0 Å². The lowest BCUT2D eigenvalue weighted by atomic mass is 10.2. The van der Waals surface area contributed by atoms with Crippen LogP contribution in [0.3, 0.4) is 0 Å². The first-order valence-electron chi connectivity index (χ1n) is 19.8. The van der Waals surface area contributed by atoms with Gasteiger partial charge >= 0.3 is 0 Å². The summed E-state index contributed by atoms with van der Waals surface area (Å²) in [5, 5.41) is 36.6. The molecule has 0 aliphatic rings. The standard InChI is InChI=1S/C36H40N12O17S7/c1-21-15-25(37)31(66-10-3-12-68(51,52)53)19-27(21)45-47-30-18-28(40-36-42-34(38-9-14-70(57,58)59)41-35(43-36)39-22-5-2-6-24(16-22)71(60,61)62)29(20-32(30)67-11-4-13-69(54,55)56)46-44-26-8-7-23(48(49)50)17-33(26)72(63,64)65/h2,5-8,15-20H,3-4,9-14,37H2,1H3,(H,51,52,53)(H,54,55,56)(H,57,58,59)(H,60,61,62)(H,63,64,65)(H3,38,39,40,41,42,43). The summed E-state index contributed by atoms with van der Waals surface area (Å²) in [6.45, 7) is 1.19. The minimum atomic E-state index is -5.17. The van der Waals surface area contributed by atoms with Crippen molar-refractivity contribution in [1.29, 1.82) is 0 Å². The topological polar surface area (TPSA) is 465 Å². The molecule has 0 saturated carbocycles. The molecule has 0 atom stereocenters. The molecule has 1 aromatic heterocycles. The quantitative estimate of drug-likeness (QED) is 0.00571. The molecule has 5 rings (SSSR count). The van der Waals surface area contributed by atoms with Crippen LogP contribution in [0.4, 0.5) is 63.3 Å². The zero-order valence-electron chi connectivity index (χ0n) is 36.7. The summed E-state index contributed by atoms with van der Waals surface area (Å²) in [5.41, 5.74) is 5.63. The number of anilines is 6. The molecule has 5 aromatic rings. The van der Waals surface area contributed by atoms with E-state index < -0.39 is 106 Å². The Morgan fingerprint density at radius 2 is 1.18 bits per heavy atom. The Bertz CT molecular complexity index is 3520. The number of benzene rings is 4. The molecule has 0 fully saturated rings. The zero-order chi connectivity index (χ0) is 53.2. The van der Waals surface area contributed by atoms with Crippen molar-refractivity contribution in [3.63, 3.8) is 0 Å². The lowest BCUT2D eigenvalue weighted by Crippen LogP contribution is -2.17. The van der Waals surface area contributed by atoms with Crippen LogP contribution in [0.15, 0.2) is 107 Å². The normalized spacial score (nSPS) is 12.6. The van der Waals surface area contributed by atoms with E-state index >= 15 is 0 Å². The van der Waals surface area contributed by atoms with Gasteiger partial charge in [-0.2, -0.15) is 62.2 Å². The van der Waals surface area contributed by atoms with Gasteiger partial charge in [-0.15, -0.1) is 38.9 Å². The second-order valence-electron chi connectivity index (χ2n) is 14.5. The summed E-state index contributed by atoms with van der Waals surface area (Å²) in [6, 6.07) is 12.8. The van der Waals surface area contributed by atoms with E-state index in [0.29, 0.717) is 22.2 Å². The number of nitro groups is 1. The lowest BCUT2D eigenvalue weighted by Gasteiger charge is -2.14. The molecule has 0 amide bonds. The molecule has 388 valence electrons. The van der Waals surface area contributed by atoms with E-state index in [-0.39, 0.29) is 69.6 Å². The van der Waals surface area contributed by atoms with E-state index in [4.69, 9.17) is 10.3 Å². The SMILES string of the molecule is Cc1cc(N)c(SCCCS(=O)(=O)O)cc1N=Nc1cc(Nc2nc(NCCS(=O)(=O)O)nc(Nc3cccc(S(=O)(=O)O)c3)n2)c(N=Nc2ccc([N+](=O)[O-])cc2S(=O)(=O)O)cc1SCCCS(=O)(=O)O. The van der Waals surface area contributed by atoms with Crippen LogP contribution < -0.4 is 21.7 Å². The van der Waals surface area contributed by atoms with Crippen LogP contribution >= 0.6 is 23.5 Å². The number of azo groups is 2. The molecule has 0 aliphatic carbocycles. The van der Waals surface area contributed by atoms with E-state index in [1.807, 2.05) is 0 Å². The van der Waals surface area contributed by atoms with Crippen molar-refractivity contribution in [3.05, 3.63) is 82.4 Å². The summed E-state index contributed by atoms with van der Waals surface area (Å²) in [7, 11) is -23.0. The van der Waals surface area contributed by atoms with Gasteiger partial charge in [-0.25, -0.2) is 0 Å². The Labute approximate surface area is 419 Å². The first-order valence-corrected chi connectivity index (χ1v) is 29.5. The zero-order valence-corrected chi connectivity index (χ0v) is 42.4. The summed E-state index contributed by atoms with van der Waals surface area (Å²) in [4.78, 5) is 22.4. The van der Waals surface area contributed by atoms with Gasteiger partial charge in [0, 0.05) is 39.8 Å². The molecular formula is C36H40N12O17S7. The number of hydrogen-bond acceptors (Lipinski definition) is 25. The van der Waals surface area contributed by atoms with Crippen LogP contribution in [0.5, 0.6) is 0 Å². The number of non-ortho nitro benzene ring substituents is 1. The number of hydrogen-bond donors (Lipinski definition) is 9. The number of nitrogens with one attached hydrogen (secondary N) is 3. The van der Waals surface area contributed by atoms with E-state index in [9.17, 15) is 70.4 Å². The van der Waals surface area contributed by atoms with Gasteiger partial charge in [-0.05, 0) is 85.4 Å². The van der Waals surface area contributed by atoms with E-state index in [2.05, 4.69) is 51.4 Å². The first kappa shape index (κ1) is 56.8. The van der Waals surface area contributed by atoms with Gasteiger partial charge in [0.05, 0.1) is 38.5 Å². The summed E-state index contributed by atoms with van der Waals surface area (Å²) in [6.07, 6.45) is -0.0253. The van der Waals surface area contributed by atoms with E-state index in [1.165, 1.54) is 36.0 Å². The number of nitrogens with zero attached hydrogens (tertiary/aromatic N) is 8. The molecule has 0 spiro atoms. The van der Waals surface area contributed by atoms with Crippen molar-refractivity contribution < 1.29 is 69.8 Å². The Morgan fingerprint density at radius 3 is 1.78 bits per heavy atom. The van der Waals surface area contributed by atoms with E-state index in [1.54, 1.807) is 19.1 Å². The first-order chi connectivity index (χ1) is 33.4. The van der Waals surface area contributed by atoms with Crippen LogP contribution in [-0.2, 0) is 50.6 Å². The van der Waals surface area contributed by atoms with Crippen LogP contribution in [0.1, 0.15) is 18.4 Å². The molecule has 0 saturated heterocycles. The smallest absolute Gasteiger partial charge is 0.297 e. The Morgan fingerprint density at radius 1 is 0.625 bits per heavy atom. The van der Waals surface area contributed by atoms with Gasteiger partial charge in [0.1, 0.15) is 22.0 Å². The second-order valence-corrected chi connectivity index (χ2v) is 24.3. The third-order valence-electron chi connectivity index (χ3n) is 8.89. The Hall–Kier alpha value is -6.06. The van der Waals surface area contributed by atoms with Crippen molar-refractivity contribution in [2.75, 3.05) is 57.0 Å². The van der Waals surface area contributed by atoms with Gasteiger partial charge < -0.3 is 21.7 Å². The van der Waals surface area contributed by atoms with Crippen LogP contribution in [0.2, 0.25) is 0 Å². The van der Waals surface area contributed by atoms with Crippen LogP contribution in [0, 0.1) is 17.0 Å². The number of aryl methyl sites for hydroxylation is 1. The molecule has 0 aliphatic heterocycles. The maximum atomic E-state index is 12.4. The highest BCUT2D eigenvalue weighted by atomic mass is 32.2. The third kappa shape index (κ3) is 18.2. The Kier molecular flexibility index (Phi) is 18.7. The second kappa shape index (κ2) is 23.7. The molecule has 4 aromatic carbocycles. The van der Waals surface area contributed by atoms with Gasteiger partial charge in [-0.1, -0.05) is 6.07 Å². The molecule has 1 heterocycles. The maximum Gasteiger partial charge on any atom is 0.297 e. The van der Waals surface area contributed by atoms with Gasteiger partial charge in [0.25, 0.3) is 56.3 Å². The van der Waals surface area contributed by atoms with Crippen molar-refractivity contribution >= 4 is 137 Å². The molecular weight excluding hydrogens is 1100 g/mol. The fourth-order valence-corrected chi connectivity index (χ4v) is 10.5. The fourth-order valence-electron chi connectivity index (χ4n) is 5.68. The summed E-state index contributed by atoms with van der Waals surface area (Å²) >= 11 is 2.15. The monoisotopic (exact) mass is 1140 g/mol. The number of thioether (sulfide) groups is 2. The minimum absolute atomic E-state index is 0.00165. The number of nitrogen functional groups attached to an aromatic ring is 1. The molecule has 0 unspecified atom stereocenters. The van der Waals surface area contributed by atoms with E-state index in [0.717, 1.165) is 36.0 Å². The van der Waals surface area contributed by atoms with Crippen molar-refractivity contribution in [2.24, 2.45) is 20.5 Å². The molecule has 10 N–H and O–H groups in total. The summed E-state index contributed by atoms with van der Waals surface area (Å²) in [5.74, 6) is -2.83. The molecule has 36 heteroatoms.